The first kappa shape index (κ1) is 15.2. The maximum atomic E-state index is 12.8. The molecule has 3 rings (SSSR count). The van der Waals surface area contributed by atoms with Crippen LogP contribution in [-0.4, -0.2) is 60.9 Å². The van der Waals surface area contributed by atoms with E-state index in [1.807, 2.05) is 24.0 Å². The fraction of sp³-hybridized carbons (Fsp3) is 0.688. The first-order valence-corrected chi connectivity index (χ1v) is 7.98. The molecule has 0 radical (unpaired) electrons. The molecule has 2 aliphatic rings. The second kappa shape index (κ2) is 6.20. The van der Waals surface area contributed by atoms with Gasteiger partial charge in [0.25, 0.3) is 0 Å². The number of hydrogen-bond acceptors (Lipinski definition) is 5. The lowest BCUT2D eigenvalue weighted by Gasteiger charge is -2.39. The van der Waals surface area contributed by atoms with Gasteiger partial charge in [-0.25, -0.2) is 0 Å². The fourth-order valence-corrected chi connectivity index (χ4v) is 3.57. The van der Waals surface area contributed by atoms with E-state index in [-0.39, 0.29) is 11.3 Å². The third-order valence-electron chi connectivity index (χ3n) is 4.85. The molecule has 0 aromatic carbocycles. The minimum Gasteiger partial charge on any atom is -0.383 e. The maximum absolute atomic E-state index is 12.8. The summed E-state index contributed by atoms with van der Waals surface area (Å²) in [4.78, 5) is 17.0. The Bertz CT molecular complexity index is 533. The lowest BCUT2D eigenvalue weighted by Crippen LogP contribution is -2.48. The third kappa shape index (κ3) is 2.79. The molecule has 1 atom stereocenters. The molecule has 120 valence electrons. The summed E-state index contributed by atoms with van der Waals surface area (Å²) in [5.74, 6) is 1.17. The number of aromatic nitrogens is 2. The number of methoxy groups -OCH3 is 1. The molecule has 22 heavy (non-hydrogen) atoms. The van der Waals surface area contributed by atoms with Crippen LogP contribution in [0.2, 0.25) is 0 Å². The molecular formula is C16H24N4O2. The average molecular weight is 304 g/mol. The van der Waals surface area contributed by atoms with Crippen molar-refractivity contribution in [2.75, 3.05) is 44.8 Å². The van der Waals surface area contributed by atoms with Crippen molar-refractivity contribution in [3.63, 3.8) is 0 Å². The molecule has 1 amide bonds. The summed E-state index contributed by atoms with van der Waals surface area (Å²) in [7, 11) is 1.68. The van der Waals surface area contributed by atoms with Crippen LogP contribution in [0, 0.1) is 12.3 Å². The van der Waals surface area contributed by atoms with Crippen molar-refractivity contribution in [2.45, 2.75) is 26.2 Å². The van der Waals surface area contributed by atoms with Crippen LogP contribution in [-0.2, 0) is 9.53 Å². The third-order valence-corrected chi connectivity index (χ3v) is 4.85. The van der Waals surface area contributed by atoms with Gasteiger partial charge in [-0.1, -0.05) is 0 Å². The Balaban J connectivity index is 1.72. The van der Waals surface area contributed by atoms with Crippen LogP contribution < -0.4 is 4.90 Å². The van der Waals surface area contributed by atoms with Gasteiger partial charge in [0, 0.05) is 33.3 Å². The van der Waals surface area contributed by atoms with E-state index in [2.05, 4.69) is 15.1 Å². The largest absolute Gasteiger partial charge is 0.383 e. The zero-order valence-electron chi connectivity index (χ0n) is 13.4. The van der Waals surface area contributed by atoms with Gasteiger partial charge in [0.2, 0.25) is 5.91 Å². The summed E-state index contributed by atoms with van der Waals surface area (Å²) in [6, 6.07) is 3.98. The number of ether oxygens (including phenoxy) is 1. The van der Waals surface area contributed by atoms with Crippen molar-refractivity contribution in [2.24, 2.45) is 5.41 Å². The molecular weight excluding hydrogens is 280 g/mol. The number of rotatable bonds is 4. The Morgan fingerprint density at radius 2 is 2.14 bits per heavy atom. The number of piperidine rings is 1. The number of carbonyl (C=O) groups is 1. The SMILES string of the molecule is COCCN1CC[C@@]2(CCCN(c3ccc(C)nn3)C2)C1=O. The highest BCUT2D eigenvalue weighted by Crippen LogP contribution is 2.40. The van der Waals surface area contributed by atoms with E-state index in [9.17, 15) is 4.79 Å². The summed E-state index contributed by atoms with van der Waals surface area (Å²) in [5.41, 5.74) is 0.677. The summed E-state index contributed by atoms with van der Waals surface area (Å²) in [6.07, 6.45) is 2.94. The lowest BCUT2D eigenvalue weighted by molar-refractivity contribution is -0.137. The minimum absolute atomic E-state index is 0.238. The standard InChI is InChI=1S/C16H24N4O2/c1-13-4-5-14(18-17-13)20-8-3-6-16(12-20)7-9-19(15(16)21)10-11-22-2/h4-5H,3,6-12H2,1-2H3/t16-/m1/s1. The Kier molecular flexibility index (Phi) is 4.29. The Morgan fingerprint density at radius 3 is 2.86 bits per heavy atom. The first-order valence-electron chi connectivity index (χ1n) is 7.98. The van der Waals surface area contributed by atoms with Gasteiger partial charge in [-0.3, -0.25) is 4.79 Å². The number of anilines is 1. The summed E-state index contributed by atoms with van der Waals surface area (Å²) in [5, 5.41) is 8.42. The number of aryl methyl sites for hydroxylation is 1. The topological polar surface area (TPSA) is 58.6 Å². The molecule has 3 heterocycles. The van der Waals surface area contributed by atoms with Gasteiger partial charge in [-0.15, -0.1) is 5.10 Å². The lowest BCUT2D eigenvalue weighted by atomic mass is 9.78. The van der Waals surface area contributed by atoms with E-state index in [1.54, 1.807) is 7.11 Å². The van der Waals surface area contributed by atoms with Gasteiger partial charge in [0.05, 0.1) is 17.7 Å². The van der Waals surface area contributed by atoms with Crippen LogP contribution in [0.5, 0.6) is 0 Å². The highest BCUT2D eigenvalue weighted by atomic mass is 16.5. The number of nitrogens with zero attached hydrogens (tertiary/aromatic N) is 4. The Labute approximate surface area is 131 Å². The average Bonchev–Trinajstić information content (AvgIpc) is 2.83. The zero-order valence-corrected chi connectivity index (χ0v) is 13.4. The molecule has 6 nitrogen and oxygen atoms in total. The second-order valence-electron chi connectivity index (χ2n) is 6.37. The summed E-state index contributed by atoms with van der Waals surface area (Å²) >= 11 is 0. The molecule has 0 saturated carbocycles. The molecule has 1 aromatic heterocycles. The molecule has 2 fully saturated rings. The monoisotopic (exact) mass is 304 g/mol. The number of likely N-dealkylation sites (tertiary alicyclic amines) is 1. The van der Waals surface area contributed by atoms with Crippen LogP contribution in [0.3, 0.4) is 0 Å². The van der Waals surface area contributed by atoms with Gasteiger partial charge < -0.3 is 14.5 Å². The van der Waals surface area contributed by atoms with Crippen molar-refractivity contribution in [3.8, 4) is 0 Å². The van der Waals surface area contributed by atoms with Crippen molar-refractivity contribution >= 4 is 11.7 Å². The molecule has 0 aliphatic carbocycles. The van der Waals surface area contributed by atoms with Crippen LogP contribution in [0.1, 0.15) is 25.0 Å². The van der Waals surface area contributed by atoms with E-state index in [0.717, 1.165) is 50.4 Å². The molecule has 0 N–H and O–H groups in total. The van der Waals surface area contributed by atoms with Gasteiger partial charge in [-0.05, 0) is 38.3 Å². The van der Waals surface area contributed by atoms with E-state index < -0.39 is 0 Å². The Morgan fingerprint density at radius 1 is 1.27 bits per heavy atom. The second-order valence-corrected chi connectivity index (χ2v) is 6.37. The molecule has 2 aliphatic heterocycles. The molecule has 0 bridgehead atoms. The minimum atomic E-state index is -0.238. The number of carbonyl (C=O) groups excluding carboxylic acids is 1. The molecule has 1 spiro atoms. The maximum Gasteiger partial charge on any atom is 0.230 e. The molecule has 2 saturated heterocycles. The zero-order chi connectivity index (χ0) is 15.6. The van der Waals surface area contributed by atoms with Crippen molar-refractivity contribution < 1.29 is 9.53 Å². The normalized spacial score (nSPS) is 25.3. The molecule has 6 heteroatoms. The van der Waals surface area contributed by atoms with Crippen molar-refractivity contribution in [3.05, 3.63) is 17.8 Å². The van der Waals surface area contributed by atoms with Crippen LogP contribution >= 0.6 is 0 Å². The van der Waals surface area contributed by atoms with Crippen molar-refractivity contribution in [1.82, 2.24) is 15.1 Å². The van der Waals surface area contributed by atoms with Crippen LogP contribution in [0.4, 0.5) is 5.82 Å². The summed E-state index contributed by atoms with van der Waals surface area (Å²) < 4.78 is 5.11. The van der Waals surface area contributed by atoms with Crippen LogP contribution in [0.25, 0.3) is 0 Å². The number of hydrogen-bond donors (Lipinski definition) is 0. The highest BCUT2D eigenvalue weighted by molar-refractivity contribution is 5.85. The quantitative estimate of drug-likeness (QED) is 0.838. The smallest absolute Gasteiger partial charge is 0.230 e. The predicted octanol–water partition coefficient (Wildman–Crippen LogP) is 1.25. The first-order chi connectivity index (χ1) is 10.6. The van der Waals surface area contributed by atoms with Gasteiger partial charge in [0.15, 0.2) is 5.82 Å². The predicted molar refractivity (Wildman–Crippen MR) is 83.7 cm³/mol. The number of amides is 1. The van der Waals surface area contributed by atoms with Crippen molar-refractivity contribution in [1.29, 1.82) is 0 Å². The fourth-order valence-electron chi connectivity index (χ4n) is 3.57. The Hall–Kier alpha value is -1.69. The van der Waals surface area contributed by atoms with Gasteiger partial charge >= 0.3 is 0 Å². The molecule has 1 aromatic rings. The van der Waals surface area contributed by atoms with Gasteiger partial charge in [-0.2, -0.15) is 5.10 Å². The van der Waals surface area contributed by atoms with E-state index >= 15 is 0 Å². The highest BCUT2D eigenvalue weighted by Gasteiger charge is 2.48. The summed E-state index contributed by atoms with van der Waals surface area (Å²) in [6.45, 7) is 5.78. The van der Waals surface area contributed by atoms with E-state index in [0.29, 0.717) is 13.2 Å². The van der Waals surface area contributed by atoms with E-state index in [4.69, 9.17) is 4.74 Å². The van der Waals surface area contributed by atoms with Crippen LogP contribution in [0.15, 0.2) is 12.1 Å². The van der Waals surface area contributed by atoms with Gasteiger partial charge in [0.1, 0.15) is 0 Å². The van der Waals surface area contributed by atoms with E-state index in [1.165, 1.54) is 0 Å². The molecule has 0 unspecified atom stereocenters.